The van der Waals surface area contributed by atoms with Crippen molar-refractivity contribution >= 4 is 0 Å². The van der Waals surface area contributed by atoms with E-state index in [0.29, 0.717) is 19.6 Å². The molecule has 3 atom stereocenters. The van der Waals surface area contributed by atoms with Crippen molar-refractivity contribution in [3.05, 3.63) is 43.8 Å². The number of hydrogen-bond acceptors (Lipinski definition) is 6. The molecule has 1 aromatic rings. The van der Waals surface area contributed by atoms with Crippen molar-refractivity contribution in [2.75, 3.05) is 13.2 Å². The molecule has 33 heavy (non-hydrogen) atoms. The molecule has 2 N–H and O–H groups in total. The van der Waals surface area contributed by atoms with Crippen LogP contribution in [0.25, 0.3) is 0 Å². The Morgan fingerprint density at radius 2 is 1.36 bits per heavy atom. The van der Waals surface area contributed by atoms with Gasteiger partial charge in [-0.15, -0.1) is 13.2 Å². The van der Waals surface area contributed by atoms with Crippen molar-refractivity contribution in [1.29, 1.82) is 0 Å². The maximum absolute atomic E-state index is 6.49. The van der Waals surface area contributed by atoms with Gasteiger partial charge < -0.3 is 15.2 Å². The molecule has 1 rings (SSSR count). The van der Waals surface area contributed by atoms with Gasteiger partial charge in [0.2, 0.25) is 0 Å². The third-order valence-electron chi connectivity index (χ3n) is 5.88. The van der Waals surface area contributed by atoms with Crippen LogP contribution < -0.4 is 5.73 Å². The Labute approximate surface area is 202 Å². The number of ether oxygens (including phenoxy) is 2. The summed E-state index contributed by atoms with van der Waals surface area (Å²) in [4.78, 5) is 12.4. The molecule has 0 aliphatic heterocycles. The molecular weight excluding hydrogens is 412 g/mol. The van der Waals surface area contributed by atoms with Crippen molar-refractivity contribution in [2.45, 2.75) is 115 Å². The predicted octanol–water partition coefficient (Wildman–Crippen LogP) is 5.98. The van der Waals surface area contributed by atoms with Crippen LogP contribution >= 0.6 is 0 Å². The van der Waals surface area contributed by atoms with Gasteiger partial charge in [-0.3, -0.25) is 0 Å². The SMILES string of the molecule is C=CCOC(Cc1ncncn1)CC(CC(N)CCCCCCCCCCCC)OCC=C. The average Bonchev–Trinajstić information content (AvgIpc) is 2.82. The Balaban J connectivity index is 2.36. The highest BCUT2D eigenvalue weighted by Gasteiger charge is 2.21. The third-order valence-corrected chi connectivity index (χ3v) is 5.88. The molecule has 1 aromatic heterocycles. The first-order chi connectivity index (χ1) is 16.2. The predicted molar refractivity (Wildman–Crippen MR) is 137 cm³/mol. The van der Waals surface area contributed by atoms with Crippen molar-refractivity contribution in [3.63, 3.8) is 0 Å². The van der Waals surface area contributed by atoms with Gasteiger partial charge in [-0.1, -0.05) is 83.3 Å². The molecule has 0 aliphatic carbocycles. The topological polar surface area (TPSA) is 83.2 Å². The Morgan fingerprint density at radius 1 is 0.818 bits per heavy atom. The van der Waals surface area contributed by atoms with E-state index in [1.54, 1.807) is 12.2 Å². The van der Waals surface area contributed by atoms with E-state index in [0.717, 1.165) is 25.1 Å². The molecule has 6 heteroatoms. The first-order valence-electron chi connectivity index (χ1n) is 13.0. The van der Waals surface area contributed by atoms with E-state index in [1.165, 1.54) is 76.9 Å². The first kappa shape index (κ1) is 29.4. The van der Waals surface area contributed by atoms with Crippen LogP contribution in [-0.4, -0.2) is 46.4 Å². The Bertz CT molecular complexity index is 585. The standard InChI is InChI=1S/C27H48N4O2/c1-4-7-8-9-10-11-12-13-14-15-16-24(28)19-25(32-17-5-2)20-26(33-18-6-3)21-27-30-22-29-23-31-27/h5-6,22-26H,2-4,7-21,28H2,1H3. The van der Waals surface area contributed by atoms with E-state index >= 15 is 0 Å². The zero-order valence-electron chi connectivity index (χ0n) is 21.0. The lowest BCUT2D eigenvalue weighted by molar-refractivity contribution is -0.00724. The molecule has 0 saturated heterocycles. The van der Waals surface area contributed by atoms with Gasteiger partial charge in [-0.05, 0) is 12.8 Å². The minimum Gasteiger partial charge on any atom is -0.374 e. The molecular formula is C27H48N4O2. The van der Waals surface area contributed by atoms with Gasteiger partial charge >= 0.3 is 0 Å². The van der Waals surface area contributed by atoms with E-state index in [4.69, 9.17) is 15.2 Å². The van der Waals surface area contributed by atoms with Gasteiger partial charge in [-0.2, -0.15) is 0 Å². The van der Waals surface area contributed by atoms with Crippen LogP contribution in [0.5, 0.6) is 0 Å². The van der Waals surface area contributed by atoms with Crippen molar-refractivity contribution in [1.82, 2.24) is 15.0 Å². The molecule has 0 amide bonds. The van der Waals surface area contributed by atoms with Crippen molar-refractivity contribution in [3.8, 4) is 0 Å². The lowest BCUT2D eigenvalue weighted by Crippen LogP contribution is -2.32. The molecule has 1 heterocycles. The molecule has 0 aliphatic rings. The number of rotatable bonds is 23. The lowest BCUT2D eigenvalue weighted by atomic mass is 9.97. The summed E-state index contributed by atoms with van der Waals surface area (Å²) in [6, 6.07) is 0.131. The summed E-state index contributed by atoms with van der Waals surface area (Å²) >= 11 is 0. The van der Waals surface area contributed by atoms with Crippen molar-refractivity contribution < 1.29 is 9.47 Å². The molecule has 6 nitrogen and oxygen atoms in total. The van der Waals surface area contributed by atoms with E-state index in [2.05, 4.69) is 35.0 Å². The normalized spacial score (nSPS) is 14.0. The van der Waals surface area contributed by atoms with Gasteiger partial charge in [0.1, 0.15) is 18.5 Å². The summed E-state index contributed by atoms with van der Waals surface area (Å²) in [5.41, 5.74) is 6.49. The molecule has 0 spiro atoms. The number of unbranched alkanes of at least 4 members (excludes halogenated alkanes) is 9. The summed E-state index contributed by atoms with van der Waals surface area (Å²) in [6.07, 6.45) is 23.1. The molecule has 0 aromatic carbocycles. The second-order valence-electron chi connectivity index (χ2n) is 8.95. The molecule has 0 bridgehead atoms. The maximum Gasteiger partial charge on any atom is 0.134 e. The van der Waals surface area contributed by atoms with E-state index in [9.17, 15) is 0 Å². The second-order valence-corrected chi connectivity index (χ2v) is 8.95. The van der Waals surface area contributed by atoms with Crippen molar-refractivity contribution in [2.24, 2.45) is 5.73 Å². The number of aromatic nitrogens is 3. The zero-order valence-corrected chi connectivity index (χ0v) is 21.0. The molecule has 0 radical (unpaired) electrons. The fourth-order valence-electron chi connectivity index (χ4n) is 4.07. The lowest BCUT2D eigenvalue weighted by Gasteiger charge is -2.25. The van der Waals surface area contributed by atoms with Crippen LogP contribution in [-0.2, 0) is 15.9 Å². The second kappa shape index (κ2) is 20.9. The molecule has 188 valence electrons. The highest BCUT2D eigenvalue weighted by molar-refractivity contribution is 4.87. The molecule has 0 saturated carbocycles. The summed E-state index contributed by atoms with van der Waals surface area (Å²) in [6.45, 7) is 10.8. The van der Waals surface area contributed by atoms with Gasteiger partial charge in [0.15, 0.2) is 0 Å². The molecule has 3 unspecified atom stereocenters. The van der Waals surface area contributed by atoms with Crippen LogP contribution in [0, 0.1) is 0 Å². The monoisotopic (exact) mass is 460 g/mol. The Hall–Kier alpha value is -1.63. The minimum atomic E-state index is -0.0651. The van der Waals surface area contributed by atoms with E-state index in [1.807, 2.05) is 0 Å². The third kappa shape index (κ3) is 16.6. The van der Waals surface area contributed by atoms with Gasteiger partial charge in [0.05, 0.1) is 25.4 Å². The van der Waals surface area contributed by atoms with E-state index in [-0.39, 0.29) is 18.2 Å². The van der Waals surface area contributed by atoms with E-state index < -0.39 is 0 Å². The fourth-order valence-corrected chi connectivity index (χ4v) is 4.07. The summed E-state index contributed by atoms with van der Waals surface area (Å²) in [5.74, 6) is 0.719. The van der Waals surface area contributed by atoms with Crippen LogP contribution in [0.4, 0.5) is 0 Å². The van der Waals surface area contributed by atoms with Crippen LogP contribution in [0.3, 0.4) is 0 Å². The smallest absolute Gasteiger partial charge is 0.134 e. The van der Waals surface area contributed by atoms with Crippen LogP contribution in [0.2, 0.25) is 0 Å². The van der Waals surface area contributed by atoms with Gasteiger partial charge in [-0.25, -0.2) is 15.0 Å². The van der Waals surface area contributed by atoms with Crippen LogP contribution in [0.1, 0.15) is 96.2 Å². The quantitative estimate of drug-likeness (QED) is 0.160. The largest absolute Gasteiger partial charge is 0.374 e. The molecule has 0 fully saturated rings. The Kier molecular flexibility index (Phi) is 18.7. The maximum atomic E-state index is 6.49. The highest BCUT2D eigenvalue weighted by Crippen LogP contribution is 2.18. The Morgan fingerprint density at radius 3 is 1.94 bits per heavy atom. The van der Waals surface area contributed by atoms with Gasteiger partial charge in [0, 0.05) is 18.9 Å². The van der Waals surface area contributed by atoms with Crippen LogP contribution in [0.15, 0.2) is 38.0 Å². The summed E-state index contributed by atoms with van der Waals surface area (Å²) in [7, 11) is 0. The van der Waals surface area contributed by atoms with Gasteiger partial charge in [0.25, 0.3) is 0 Å². The first-order valence-corrected chi connectivity index (χ1v) is 13.0. The average molecular weight is 461 g/mol. The number of nitrogens with two attached hydrogens (primary N) is 1. The zero-order chi connectivity index (χ0) is 24.0. The summed E-state index contributed by atoms with van der Waals surface area (Å²) < 4.78 is 12.0. The number of hydrogen-bond donors (Lipinski definition) is 1. The fraction of sp³-hybridized carbons (Fsp3) is 0.741. The summed E-state index contributed by atoms with van der Waals surface area (Å²) in [5, 5.41) is 0. The highest BCUT2D eigenvalue weighted by atomic mass is 16.5. The minimum absolute atomic E-state index is 0.0118. The number of nitrogens with zero attached hydrogens (tertiary/aromatic N) is 3.